The molecule has 0 aliphatic heterocycles. The summed E-state index contributed by atoms with van der Waals surface area (Å²) in [4.78, 5) is 12.0. The highest BCUT2D eigenvalue weighted by Gasteiger charge is 2.07. The summed E-state index contributed by atoms with van der Waals surface area (Å²) in [5, 5.41) is 2.78. The number of nitrogens with one attached hydrogen (secondary N) is 1. The van der Waals surface area contributed by atoms with Gasteiger partial charge in [0.15, 0.2) is 0 Å². The lowest BCUT2D eigenvalue weighted by Gasteiger charge is -2.09. The minimum Gasteiger partial charge on any atom is -0.497 e. The molecule has 2 aromatic rings. The minimum absolute atomic E-state index is 0.145. The Labute approximate surface area is 117 Å². The maximum Gasteiger partial charge on any atom is 0.228 e. The SMILES string of the molecule is COc1cccc(CC(=O)Nc2ccc(F)cc2C)c1. The van der Waals surface area contributed by atoms with Gasteiger partial charge in [0.05, 0.1) is 13.5 Å². The summed E-state index contributed by atoms with van der Waals surface area (Å²) < 4.78 is 18.1. The number of anilines is 1. The average molecular weight is 273 g/mol. The average Bonchev–Trinajstić information content (AvgIpc) is 2.42. The molecular formula is C16H16FNO2. The topological polar surface area (TPSA) is 38.3 Å². The van der Waals surface area contributed by atoms with Gasteiger partial charge in [-0.25, -0.2) is 4.39 Å². The third-order valence-electron chi connectivity index (χ3n) is 2.96. The fraction of sp³-hybridized carbons (Fsp3) is 0.188. The molecule has 0 aliphatic rings. The van der Waals surface area contributed by atoms with Gasteiger partial charge in [0.2, 0.25) is 5.91 Å². The van der Waals surface area contributed by atoms with Gasteiger partial charge < -0.3 is 10.1 Å². The van der Waals surface area contributed by atoms with Crippen LogP contribution in [0.2, 0.25) is 0 Å². The van der Waals surface area contributed by atoms with Crippen molar-refractivity contribution in [1.82, 2.24) is 0 Å². The van der Waals surface area contributed by atoms with Crippen LogP contribution in [0.3, 0.4) is 0 Å². The monoisotopic (exact) mass is 273 g/mol. The van der Waals surface area contributed by atoms with Crippen LogP contribution in [0, 0.1) is 12.7 Å². The van der Waals surface area contributed by atoms with Gasteiger partial charge in [0.1, 0.15) is 11.6 Å². The van der Waals surface area contributed by atoms with Crippen molar-refractivity contribution in [2.45, 2.75) is 13.3 Å². The summed E-state index contributed by atoms with van der Waals surface area (Å²) in [6.45, 7) is 1.75. The van der Waals surface area contributed by atoms with Crippen LogP contribution in [-0.2, 0) is 11.2 Å². The Morgan fingerprint density at radius 2 is 2.05 bits per heavy atom. The number of rotatable bonds is 4. The first-order valence-electron chi connectivity index (χ1n) is 6.27. The molecule has 3 nitrogen and oxygen atoms in total. The number of amides is 1. The van der Waals surface area contributed by atoms with Crippen molar-refractivity contribution < 1.29 is 13.9 Å². The zero-order chi connectivity index (χ0) is 14.5. The van der Waals surface area contributed by atoms with E-state index >= 15 is 0 Å². The lowest BCUT2D eigenvalue weighted by Crippen LogP contribution is -2.15. The molecule has 0 fully saturated rings. The van der Waals surface area contributed by atoms with Crippen LogP contribution in [0.1, 0.15) is 11.1 Å². The molecule has 0 radical (unpaired) electrons. The molecule has 1 N–H and O–H groups in total. The highest BCUT2D eigenvalue weighted by Crippen LogP contribution is 2.17. The van der Waals surface area contributed by atoms with Crippen LogP contribution in [0.25, 0.3) is 0 Å². The van der Waals surface area contributed by atoms with Gasteiger partial charge in [-0.15, -0.1) is 0 Å². The predicted octanol–water partition coefficient (Wildman–Crippen LogP) is 3.32. The van der Waals surface area contributed by atoms with E-state index in [9.17, 15) is 9.18 Å². The summed E-state index contributed by atoms with van der Waals surface area (Å²) in [6.07, 6.45) is 0.244. The van der Waals surface area contributed by atoms with Crippen LogP contribution in [0.5, 0.6) is 5.75 Å². The molecule has 1 amide bonds. The first-order chi connectivity index (χ1) is 9.58. The Hall–Kier alpha value is -2.36. The smallest absolute Gasteiger partial charge is 0.228 e. The van der Waals surface area contributed by atoms with Crippen molar-refractivity contribution in [3.63, 3.8) is 0 Å². The molecule has 0 atom stereocenters. The van der Waals surface area contributed by atoms with E-state index in [1.54, 1.807) is 20.1 Å². The minimum atomic E-state index is -0.312. The fourth-order valence-corrected chi connectivity index (χ4v) is 1.93. The van der Waals surface area contributed by atoms with E-state index in [4.69, 9.17) is 4.74 Å². The van der Waals surface area contributed by atoms with E-state index in [0.29, 0.717) is 17.0 Å². The molecule has 0 heterocycles. The van der Waals surface area contributed by atoms with E-state index in [2.05, 4.69) is 5.32 Å². The van der Waals surface area contributed by atoms with Crippen LogP contribution in [-0.4, -0.2) is 13.0 Å². The zero-order valence-corrected chi connectivity index (χ0v) is 11.4. The number of benzene rings is 2. The van der Waals surface area contributed by atoms with Gasteiger partial charge >= 0.3 is 0 Å². The largest absolute Gasteiger partial charge is 0.497 e. The van der Waals surface area contributed by atoms with Gasteiger partial charge in [-0.2, -0.15) is 0 Å². The van der Waals surface area contributed by atoms with Crippen LogP contribution < -0.4 is 10.1 Å². The number of hydrogen-bond donors (Lipinski definition) is 1. The van der Waals surface area contributed by atoms with Crippen molar-refractivity contribution in [2.75, 3.05) is 12.4 Å². The second-order valence-corrected chi connectivity index (χ2v) is 4.54. The van der Waals surface area contributed by atoms with Crippen LogP contribution in [0.4, 0.5) is 10.1 Å². The summed E-state index contributed by atoms with van der Waals surface area (Å²) in [6, 6.07) is 11.6. The van der Waals surface area contributed by atoms with Gasteiger partial charge in [-0.1, -0.05) is 12.1 Å². The molecule has 20 heavy (non-hydrogen) atoms. The summed E-state index contributed by atoms with van der Waals surface area (Å²) in [5.74, 6) is 0.259. The molecule has 2 aromatic carbocycles. The number of ether oxygens (including phenoxy) is 1. The maximum absolute atomic E-state index is 13.0. The van der Waals surface area contributed by atoms with E-state index in [0.717, 1.165) is 5.56 Å². The lowest BCUT2D eigenvalue weighted by molar-refractivity contribution is -0.115. The molecule has 0 aliphatic carbocycles. The number of hydrogen-bond acceptors (Lipinski definition) is 2. The van der Waals surface area contributed by atoms with Gasteiger partial charge in [0, 0.05) is 5.69 Å². The van der Waals surface area contributed by atoms with Crippen molar-refractivity contribution in [3.8, 4) is 5.75 Å². The Kier molecular flexibility index (Phi) is 4.35. The van der Waals surface area contributed by atoms with E-state index < -0.39 is 0 Å². The first kappa shape index (κ1) is 14.1. The molecule has 104 valence electrons. The van der Waals surface area contributed by atoms with Crippen molar-refractivity contribution >= 4 is 11.6 Å². The second kappa shape index (κ2) is 6.19. The number of aryl methyl sites for hydroxylation is 1. The third-order valence-corrected chi connectivity index (χ3v) is 2.96. The highest BCUT2D eigenvalue weighted by atomic mass is 19.1. The standard InChI is InChI=1S/C16H16FNO2/c1-11-8-13(17)6-7-15(11)18-16(19)10-12-4-3-5-14(9-12)20-2/h3-9H,10H2,1-2H3,(H,18,19). The number of halogens is 1. The van der Waals surface area contributed by atoms with Gasteiger partial charge in [0.25, 0.3) is 0 Å². The first-order valence-corrected chi connectivity index (χ1v) is 6.27. The molecule has 0 bridgehead atoms. The van der Waals surface area contributed by atoms with E-state index in [-0.39, 0.29) is 18.1 Å². The number of carbonyl (C=O) groups excluding carboxylic acids is 1. The summed E-state index contributed by atoms with van der Waals surface area (Å²) in [7, 11) is 1.58. The number of methoxy groups -OCH3 is 1. The molecule has 0 saturated carbocycles. The molecule has 0 aromatic heterocycles. The van der Waals surface area contributed by atoms with E-state index in [1.807, 2.05) is 24.3 Å². The Balaban J connectivity index is 2.05. The number of carbonyl (C=O) groups is 1. The van der Waals surface area contributed by atoms with Gasteiger partial charge in [-0.05, 0) is 48.4 Å². The molecular weight excluding hydrogens is 257 g/mol. The van der Waals surface area contributed by atoms with Crippen molar-refractivity contribution in [3.05, 3.63) is 59.4 Å². The molecule has 0 saturated heterocycles. The third kappa shape index (κ3) is 3.57. The maximum atomic E-state index is 13.0. The normalized spacial score (nSPS) is 10.2. The summed E-state index contributed by atoms with van der Waals surface area (Å²) in [5.41, 5.74) is 2.19. The molecule has 2 rings (SSSR count). The summed E-state index contributed by atoms with van der Waals surface area (Å²) >= 11 is 0. The van der Waals surface area contributed by atoms with Crippen molar-refractivity contribution in [2.24, 2.45) is 0 Å². The van der Waals surface area contributed by atoms with Crippen LogP contribution in [0.15, 0.2) is 42.5 Å². The van der Waals surface area contributed by atoms with Gasteiger partial charge in [-0.3, -0.25) is 4.79 Å². The molecule has 4 heteroatoms. The lowest BCUT2D eigenvalue weighted by atomic mass is 10.1. The Morgan fingerprint density at radius 3 is 2.75 bits per heavy atom. The molecule has 0 unspecified atom stereocenters. The van der Waals surface area contributed by atoms with Crippen molar-refractivity contribution in [1.29, 1.82) is 0 Å². The predicted molar refractivity (Wildman–Crippen MR) is 76.5 cm³/mol. The van der Waals surface area contributed by atoms with E-state index in [1.165, 1.54) is 12.1 Å². The molecule has 0 spiro atoms. The fourth-order valence-electron chi connectivity index (χ4n) is 1.93. The van der Waals surface area contributed by atoms with Crippen LogP contribution >= 0.6 is 0 Å². The highest BCUT2D eigenvalue weighted by molar-refractivity contribution is 5.93. The Morgan fingerprint density at radius 1 is 1.25 bits per heavy atom. The quantitative estimate of drug-likeness (QED) is 0.928. The Bertz CT molecular complexity index is 626. The second-order valence-electron chi connectivity index (χ2n) is 4.54. The zero-order valence-electron chi connectivity index (χ0n) is 11.4.